The third kappa shape index (κ3) is 2.98. The average Bonchev–Trinajstić information content (AvgIpc) is 2.91. The normalized spacial score (nSPS) is 33.3. The van der Waals surface area contributed by atoms with Crippen molar-refractivity contribution in [3.8, 4) is 0 Å². The first-order chi connectivity index (χ1) is 10.7. The molecule has 6 heteroatoms. The Bertz CT molecular complexity index is 463. The van der Waals surface area contributed by atoms with E-state index in [9.17, 15) is 10.2 Å². The van der Waals surface area contributed by atoms with Gasteiger partial charge in [0, 0.05) is 38.4 Å². The van der Waals surface area contributed by atoms with Crippen molar-refractivity contribution in [2.45, 2.75) is 24.4 Å². The Balaban J connectivity index is 1.63. The average molecular weight is 307 g/mol. The van der Waals surface area contributed by atoms with E-state index in [4.69, 9.17) is 10.5 Å². The molecule has 0 aliphatic carbocycles. The highest BCUT2D eigenvalue weighted by Gasteiger charge is 2.46. The van der Waals surface area contributed by atoms with E-state index in [0.717, 1.165) is 26.2 Å². The van der Waals surface area contributed by atoms with Crippen LogP contribution < -0.4 is 10.6 Å². The van der Waals surface area contributed by atoms with Gasteiger partial charge in [0.05, 0.1) is 18.8 Å². The smallest absolute Gasteiger partial charge is 0.109 e. The molecular weight excluding hydrogens is 282 g/mol. The van der Waals surface area contributed by atoms with Crippen LogP contribution in [-0.2, 0) is 4.74 Å². The molecule has 2 aliphatic heterocycles. The van der Waals surface area contributed by atoms with Crippen LogP contribution in [0.15, 0.2) is 30.3 Å². The number of nitrogens with zero attached hydrogens (tertiary/aromatic N) is 2. The van der Waals surface area contributed by atoms with Gasteiger partial charge >= 0.3 is 0 Å². The molecule has 2 aliphatic rings. The predicted molar refractivity (Wildman–Crippen MR) is 84.8 cm³/mol. The summed E-state index contributed by atoms with van der Waals surface area (Å²) in [5.74, 6) is 0. The fourth-order valence-electron chi connectivity index (χ4n) is 3.54. The fraction of sp³-hybridized carbons (Fsp3) is 0.625. The van der Waals surface area contributed by atoms with Gasteiger partial charge in [0.25, 0.3) is 0 Å². The third-order valence-electron chi connectivity index (χ3n) is 4.73. The minimum atomic E-state index is -0.679. The predicted octanol–water partition coefficient (Wildman–Crippen LogP) is -0.743. The van der Waals surface area contributed by atoms with Crippen LogP contribution in [-0.4, -0.2) is 78.8 Å². The maximum absolute atomic E-state index is 10.4. The van der Waals surface area contributed by atoms with Crippen molar-refractivity contribution in [2.75, 3.05) is 44.2 Å². The molecular formula is C16H25N3O3. The summed E-state index contributed by atoms with van der Waals surface area (Å²) in [5, 5.41) is 19.7. The number of benzene rings is 1. The maximum Gasteiger partial charge on any atom is 0.109 e. The van der Waals surface area contributed by atoms with Crippen LogP contribution in [0.4, 0.5) is 5.69 Å². The van der Waals surface area contributed by atoms with E-state index in [1.807, 2.05) is 18.2 Å². The Hall–Kier alpha value is -1.18. The Kier molecular flexibility index (Phi) is 4.95. The monoisotopic (exact) mass is 307 g/mol. The van der Waals surface area contributed by atoms with E-state index in [1.54, 1.807) is 0 Å². The summed E-state index contributed by atoms with van der Waals surface area (Å²) in [5.41, 5.74) is 7.00. The Morgan fingerprint density at radius 3 is 2.36 bits per heavy atom. The van der Waals surface area contributed by atoms with Crippen LogP contribution in [0.5, 0.6) is 0 Å². The van der Waals surface area contributed by atoms with Crippen molar-refractivity contribution in [3.63, 3.8) is 0 Å². The quantitative estimate of drug-likeness (QED) is 0.679. The van der Waals surface area contributed by atoms with Crippen LogP contribution in [0, 0.1) is 0 Å². The molecule has 1 aromatic rings. The lowest BCUT2D eigenvalue weighted by Gasteiger charge is -2.41. The molecule has 4 unspecified atom stereocenters. The van der Waals surface area contributed by atoms with Gasteiger partial charge in [-0.2, -0.15) is 0 Å². The van der Waals surface area contributed by atoms with Crippen molar-refractivity contribution in [1.29, 1.82) is 0 Å². The molecule has 2 heterocycles. The van der Waals surface area contributed by atoms with Gasteiger partial charge in [0.1, 0.15) is 12.2 Å². The second kappa shape index (κ2) is 6.93. The molecule has 0 radical (unpaired) electrons. The minimum Gasteiger partial charge on any atom is -0.394 e. The zero-order valence-electron chi connectivity index (χ0n) is 12.7. The highest BCUT2D eigenvalue weighted by molar-refractivity contribution is 5.46. The minimum absolute atomic E-state index is 0.125. The molecule has 2 fully saturated rings. The number of aliphatic hydroxyl groups excluding tert-OH is 2. The van der Waals surface area contributed by atoms with Gasteiger partial charge in [0.2, 0.25) is 0 Å². The summed E-state index contributed by atoms with van der Waals surface area (Å²) >= 11 is 0. The topological polar surface area (TPSA) is 82.2 Å². The van der Waals surface area contributed by atoms with Gasteiger partial charge in [-0.1, -0.05) is 18.2 Å². The molecule has 3 rings (SSSR count). The first-order valence-electron chi connectivity index (χ1n) is 7.93. The number of rotatable bonds is 4. The van der Waals surface area contributed by atoms with Crippen molar-refractivity contribution in [1.82, 2.24) is 4.90 Å². The summed E-state index contributed by atoms with van der Waals surface area (Å²) in [6.07, 6.45) is -1.41. The molecule has 0 saturated carbocycles. The van der Waals surface area contributed by atoms with E-state index < -0.39 is 12.2 Å². The number of nitrogens with two attached hydrogens (primary N) is 1. The van der Waals surface area contributed by atoms with Gasteiger partial charge in [-0.3, -0.25) is 4.90 Å². The molecule has 22 heavy (non-hydrogen) atoms. The molecule has 0 spiro atoms. The SMILES string of the molecule is NCC1OC(CO)C(O)C1N1CCN(c2ccccc2)CC1. The lowest BCUT2D eigenvalue weighted by atomic mass is 10.0. The molecule has 6 nitrogen and oxygen atoms in total. The third-order valence-corrected chi connectivity index (χ3v) is 4.73. The van der Waals surface area contributed by atoms with Gasteiger partial charge < -0.3 is 25.6 Å². The van der Waals surface area contributed by atoms with Crippen molar-refractivity contribution < 1.29 is 14.9 Å². The largest absolute Gasteiger partial charge is 0.394 e. The molecule has 4 N–H and O–H groups in total. The van der Waals surface area contributed by atoms with Gasteiger partial charge in [0.15, 0.2) is 0 Å². The van der Waals surface area contributed by atoms with Crippen molar-refractivity contribution in [2.24, 2.45) is 5.73 Å². The number of hydrogen-bond donors (Lipinski definition) is 3. The highest BCUT2D eigenvalue weighted by Crippen LogP contribution is 2.27. The lowest BCUT2D eigenvalue weighted by Crippen LogP contribution is -2.57. The molecule has 2 saturated heterocycles. The summed E-state index contributed by atoms with van der Waals surface area (Å²) in [6, 6.07) is 10.2. The second-order valence-corrected chi connectivity index (χ2v) is 5.97. The summed E-state index contributed by atoms with van der Waals surface area (Å²) in [6.45, 7) is 3.72. The standard InChI is InChI=1S/C16H25N3O3/c17-10-13-15(16(21)14(11-20)22-13)19-8-6-18(7-9-19)12-4-2-1-3-5-12/h1-5,13-16,20-21H,6-11,17H2. The van der Waals surface area contributed by atoms with Gasteiger partial charge in [-0.05, 0) is 12.1 Å². The fourth-order valence-corrected chi connectivity index (χ4v) is 3.54. The first kappa shape index (κ1) is 15.7. The number of piperazine rings is 1. The van der Waals surface area contributed by atoms with Crippen LogP contribution in [0.1, 0.15) is 0 Å². The first-order valence-corrected chi connectivity index (χ1v) is 7.93. The van der Waals surface area contributed by atoms with E-state index in [2.05, 4.69) is 21.9 Å². The Labute approximate surface area is 131 Å². The summed E-state index contributed by atoms with van der Waals surface area (Å²) in [7, 11) is 0. The van der Waals surface area contributed by atoms with Crippen LogP contribution >= 0.6 is 0 Å². The zero-order chi connectivity index (χ0) is 15.5. The molecule has 122 valence electrons. The summed E-state index contributed by atoms with van der Waals surface area (Å²) < 4.78 is 5.67. The van der Waals surface area contributed by atoms with E-state index in [1.165, 1.54) is 5.69 Å². The van der Waals surface area contributed by atoms with E-state index in [-0.39, 0.29) is 18.8 Å². The van der Waals surface area contributed by atoms with Crippen LogP contribution in [0.2, 0.25) is 0 Å². The second-order valence-electron chi connectivity index (χ2n) is 5.97. The number of ether oxygens (including phenoxy) is 1. The number of anilines is 1. The highest BCUT2D eigenvalue weighted by atomic mass is 16.5. The van der Waals surface area contributed by atoms with Crippen molar-refractivity contribution >= 4 is 5.69 Å². The van der Waals surface area contributed by atoms with E-state index in [0.29, 0.717) is 6.54 Å². The van der Waals surface area contributed by atoms with E-state index >= 15 is 0 Å². The van der Waals surface area contributed by atoms with Crippen molar-refractivity contribution in [3.05, 3.63) is 30.3 Å². The number of para-hydroxylation sites is 1. The lowest BCUT2D eigenvalue weighted by molar-refractivity contribution is -0.0193. The Morgan fingerprint density at radius 1 is 1.09 bits per heavy atom. The molecule has 0 amide bonds. The summed E-state index contributed by atoms with van der Waals surface area (Å²) in [4.78, 5) is 4.59. The zero-order valence-corrected chi connectivity index (χ0v) is 12.7. The number of aliphatic hydroxyl groups is 2. The molecule has 1 aromatic carbocycles. The maximum atomic E-state index is 10.4. The van der Waals surface area contributed by atoms with Gasteiger partial charge in [-0.25, -0.2) is 0 Å². The molecule has 0 aromatic heterocycles. The molecule has 4 atom stereocenters. The van der Waals surface area contributed by atoms with Crippen LogP contribution in [0.3, 0.4) is 0 Å². The molecule has 0 bridgehead atoms. The van der Waals surface area contributed by atoms with Gasteiger partial charge in [-0.15, -0.1) is 0 Å². The Morgan fingerprint density at radius 2 is 1.77 bits per heavy atom. The number of hydrogen-bond acceptors (Lipinski definition) is 6. The van der Waals surface area contributed by atoms with Crippen LogP contribution in [0.25, 0.3) is 0 Å².